The number of rotatable bonds is 2. The zero-order chi connectivity index (χ0) is 20.0. The lowest BCUT2D eigenvalue weighted by Crippen LogP contribution is -2.53. The molecule has 2 aliphatic rings. The van der Waals surface area contributed by atoms with E-state index in [2.05, 4.69) is 10.1 Å². The predicted octanol–water partition coefficient (Wildman–Crippen LogP) is 1.37. The molecule has 3 rings (SSSR count). The van der Waals surface area contributed by atoms with Gasteiger partial charge in [0.2, 0.25) is 0 Å². The van der Waals surface area contributed by atoms with Crippen LogP contribution < -0.4 is 10.5 Å². The minimum Gasteiger partial charge on any atom is -0.444 e. The van der Waals surface area contributed by atoms with Crippen LogP contribution in [0.2, 0.25) is 0 Å². The molecule has 0 bridgehead atoms. The van der Waals surface area contributed by atoms with Crippen LogP contribution in [0, 0.1) is 0 Å². The Morgan fingerprint density at radius 2 is 1.67 bits per heavy atom. The molecule has 0 aliphatic carbocycles. The highest BCUT2D eigenvalue weighted by Crippen LogP contribution is 2.36. The van der Waals surface area contributed by atoms with Crippen LogP contribution >= 0.6 is 0 Å². The molecule has 8 nitrogen and oxygen atoms in total. The van der Waals surface area contributed by atoms with Gasteiger partial charge in [0.05, 0.1) is 30.5 Å². The zero-order valence-corrected chi connectivity index (χ0v) is 17.5. The fraction of sp³-hybridized carbons (Fsp3) is 0.778. The van der Waals surface area contributed by atoms with Crippen molar-refractivity contribution in [3.8, 4) is 0 Å². The van der Waals surface area contributed by atoms with Gasteiger partial charge < -0.3 is 18.9 Å². The van der Waals surface area contributed by atoms with Crippen LogP contribution in [0.1, 0.15) is 48.5 Å². The van der Waals surface area contributed by atoms with Gasteiger partial charge in [-0.15, -0.1) is 0 Å². The van der Waals surface area contributed by atoms with Crippen molar-refractivity contribution < 1.29 is 18.8 Å². The molecule has 0 atom stereocenters. The Bertz CT molecular complexity index is 674. The molecular formula is C18H31BN4O4. The average molecular weight is 378 g/mol. The van der Waals surface area contributed by atoms with Gasteiger partial charge in [0.25, 0.3) is 0 Å². The molecule has 27 heavy (non-hydrogen) atoms. The smallest absolute Gasteiger partial charge is 0.444 e. The maximum Gasteiger partial charge on any atom is 0.498 e. The molecule has 0 radical (unpaired) electrons. The minimum absolute atomic E-state index is 0.263. The Balaban J connectivity index is 1.58. The monoisotopic (exact) mass is 378 g/mol. The fourth-order valence-electron chi connectivity index (χ4n) is 2.99. The van der Waals surface area contributed by atoms with Gasteiger partial charge in [0.15, 0.2) is 0 Å². The first-order valence-electron chi connectivity index (χ1n) is 9.51. The maximum absolute atomic E-state index is 12.2. The lowest BCUT2D eigenvalue weighted by molar-refractivity contribution is 0.00578. The fourth-order valence-corrected chi connectivity index (χ4v) is 2.99. The lowest BCUT2D eigenvalue weighted by Gasteiger charge is -2.36. The molecule has 1 aromatic heterocycles. The first kappa shape index (κ1) is 20.0. The summed E-state index contributed by atoms with van der Waals surface area (Å²) >= 11 is 0. The molecule has 1 amide bonds. The normalized spacial score (nSPS) is 22.3. The zero-order valence-electron chi connectivity index (χ0n) is 17.5. The maximum atomic E-state index is 12.2. The Kier molecular flexibility index (Phi) is 4.97. The van der Waals surface area contributed by atoms with Crippen LogP contribution in [0.5, 0.6) is 0 Å². The molecule has 0 aromatic carbocycles. The second kappa shape index (κ2) is 6.70. The van der Waals surface area contributed by atoms with Crippen molar-refractivity contribution in [2.24, 2.45) is 0 Å². The Morgan fingerprint density at radius 1 is 1.11 bits per heavy atom. The molecule has 9 heteroatoms. The summed E-state index contributed by atoms with van der Waals surface area (Å²) in [5.74, 6) is 0. The van der Waals surface area contributed by atoms with Crippen molar-refractivity contribution in [3.05, 3.63) is 12.4 Å². The summed E-state index contributed by atoms with van der Waals surface area (Å²) in [6.07, 6.45) is 3.45. The molecule has 0 saturated carbocycles. The second-order valence-electron chi connectivity index (χ2n) is 9.20. The number of hydrogen-bond donors (Lipinski definition) is 0. The van der Waals surface area contributed by atoms with E-state index in [-0.39, 0.29) is 17.3 Å². The van der Waals surface area contributed by atoms with Crippen molar-refractivity contribution in [2.45, 2.75) is 65.3 Å². The molecule has 0 N–H and O–H groups in total. The van der Waals surface area contributed by atoms with Gasteiger partial charge in [-0.2, -0.15) is 9.89 Å². The Hall–Kier alpha value is -1.74. The summed E-state index contributed by atoms with van der Waals surface area (Å²) in [5, 5.41) is 6.55. The van der Waals surface area contributed by atoms with Crippen molar-refractivity contribution >= 4 is 18.7 Å². The molecule has 2 aliphatic heterocycles. The predicted molar refractivity (Wildman–Crippen MR) is 104 cm³/mol. The molecule has 2 saturated heterocycles. The third kappa shape index (κ3) is 4.24. The summed E-state index contributed by atoms with van der Waals surface area (Å²) < 4.78 is 17.6. The average Bonchev–Trinajstić information content (AvgIpc) is 3.09. The van der Waals surface area contributed by atoms with E-state index in [1.165, 1.54) is 0 Å². The van der Waals surface area contributed by atoms with Crippen LogP contribution in [-0.2, 0) is 14.0 Å². The second-order valence-corrected chi connectivity index (χ2v) is 9.20. The topological polar surface area (TPSA) is 69.1 Å². The van der Waals surface area contributed by atoms with Gasteiger partial charge >= 0.3 is 13.2 Å². The minimum atomic E-state index is -0.478. The Labute approximate surface area is 161 Å². The van der Waals surface area contributed by atoms with E-state index in [1.807, 2.05) is 59.5 Å². The summed E-state index contributed by atoms with van der Waals surface area (Å²) in [5.41, 5.74) is -0.339. The highest BCUT2D eigenvalue weighted by molar-refractivity contribution is 6.62. The largest absolute Gasteiger partial charge is 0.498 e. The standard InChI is InChI=1S/C18H31BN4O4/c1-16(2,3)25-15(24)21-8-10-22(11-9-21)23-13-14(12-20-23)19-26-17(4,5)18(6,7)27-19/h12-13H,8-11H2,1-7H3. The van der Waals surface area contributed by atoms with Crippen LogP contribution in [0.25, 0.3) is 0 Å². The molecule has 0 unspecified atom stereocenters. The molecular weight excluding hydrogens is 347 g/mol. The Morgan fingerprint density at radius 3 is 2.19 bits per heavy atom. The van der Waals surface area contributed by atoms with Crippen molar-refractivity contribution in [1.82, 2.24) is 14.8 Å². The number of nitrogens with zero attached hydrogens (tertiary/aromatic N) is 4. The van der Waals surface area contributed by atoms with E-state index in [1.54, 1.807) is 11.1 Å². The number of hydrogen-bond acceptors (Lipinski definition) is 6. The molecule has 150 valence electrons. The molecule has 2 fully saturated rings. The SMILES string of the molecule is CC(C)(C)OC(=O)N1CCN(n2cc(B3OC(C)(C)C(C)(C)O3)cn2)CC1. The first-order chi connectivity index (χ1) is 12.4. The van der Waals surface area contributed by atoms with E-state index in [0.29, 0.717) is 26.2 Å². The van der Waals surface area contributed by atoms with E-state index < -0.39 is 12.7 Å². The van der Waals surface area contributed by atoms with Crippen molar-refractivity contribution in [2.75, 3.05) is 31.2 Å². The highest BCUT2D eigenvalue weighted by atomic mass is 16.7. The van der Waals surface area contributed by atoms with E-state index >= 15 is 0 Å². The van der Waals surface area contributed by atoms with E-state index in [9.17, 15) is 4.79 Å². The van der Waals surface area contributed by atoms with Gasteiger partial charge in [-0.25, -0.2) is 4.79 Å². The summed E-state index contributed by atoms with van der Waals surface area (Å²) in [6, 6.07) is 0. The number of carbonyl (C=O) groups is 1. The number of piperazine rings is 1. The molecule has 3 heterocycles. The number of ether oxygens (including phenoxy) is 1. The lowest BCUT2D eigenvalue weighted by atomic mass is 9.82. The van der Waals surface area contributed by atoms with Gasteiger partial charge in [-0.1, -0.05) is 0 Å². The van der Waals surface area contributed by atoms with Crippen LogP contribution in [0.3, 0.4) is 0 Å². The number of carbonyl (C=O) groups excluding carboxylic acids is 1. The summed E-state index contributed by atoms with van der Waals surface area (Å²) in [7, 11) is -0.424. The van der Waals surface area contributed by atoms with Gasteiger partial charge in [-0.3, -0.25) is 5.01 Å². The highest BCUT2D eigenvalue weighted by Gasteiger charge is 2.52. The summed E-state index contributed by atoms with van der Waals surface area (Å²) in [4.78, 5) is 15.7. The third-order valence-corrected chi connectivity index (χ3v) is 5.31. The van der Waals surface area contributed by atoms with Gasteiger partial charge in [-0.05, 0) is 48.5 Å². The summed E-state index contributed by atoms with van der Waals surface area (Å²) in [6.45, 7) is 16.3. The van der Waals surface area contributed by atoms with Gasteiger partial charge in [0, 0.05) is 24.7 Å². The van der Waals surface area contributed by atoms with E-state index in [4.69, 9.17) is 14.0 Å². The van der Waals surface area contributed by atoms with Crippen LogP contribution in [-0.4, -0.2) is 71.0 Å². The van der Waals surface area contributed by atoms with Crippen LogP contribution in [0.4, 0.5) is 4.79 Å². The van der Waals surface area contributed by atoms with Crippen molar-refractivity contribution in [3.63, 3.8) is 0 Å². The third-order valence-electron chi connectivity index (χ3n) is 5.31. The quantitative estimate of drug-likeness (QED) is 0.725. The number of aromatic nitrogens is 2. The number of amides is 1. The molecule has 1 aromatic rings. The van der Waals surface area contributed by atoms with Gasteiger partial charge in [0.1, 0.15) is 5.60 Å². The first-order valence-corrected chi connectivity index (χ1v) is 9.51. The van der Waals surface area contributed by atoms with E-state index in [0.717, 1.165) is 5.46 Å². The van der Waals surface area contributed by atoms with Crippen LogP contribution in [0.15, 0.2) is 12.4 Å². The van der Waals surface area contributed by atoms with Crippen molar-refractivity contribution in [1.29, 1.82) is 0 Å². The molecule has 0 spiro atoms.